The number of amides is 1. The number of anilines is 2. The number of rotatable bonds is 3. The third-order valence-electron chi connectivity index (χ3n) is 4.39. The maximum absolute atomic E-state index is 12.5. The van der Waals surface area contributed by atoms with E-state index in [2.05, 4.69) is 5.32 Å². The highest BCUT2D eigenvalue weighted by Gasteiger charge is 2.38. The molecule has 1 aliphatic rings. The average molecular weight is 393 g/mol. The molecule has 3 rings (SSSR count). The SMILES string of the molecule is COC(=O)[C@@H]1C[C@@H](N(C(C)=O)c2ccccc2)c2c(Cl)cc(Cl)cc2N1. The summed E-state index contributed by atoms with van der Waals surface area (Å²) in [6.07, 6.45) is 0.329. The predicted octanol–water partition coefficient (Wildman–Crippen LogP) is 4.44. The van der Waals surface area contributed by atoms with Gasteiger partial charge in [0, 0.05) is 40.3 Å². The highest BCUT2D eigenvalue weighted by atomic mass is 35.5. The lowest BCUT2D eigenvalue weighted by Gasteiger charge is -2.39. The Morgan fingerprint density at radius 2 is 1.88 bits per heavy atom. The van der Waals surface area contributed by atoms with E-state index in [1.807, 2.05) is 30.3 Å². The Morgan fingerprint density at radius 1 is 1.19 bits per heavy atom. The Morgan fingerprint density at radius 3 is 2.50 bits per heavy atom. The lowest BCUT2D eigenvalue weighted by Crippen LogP contribution is -2.43. The molecule has 0 aliphatic carbocycles. The number of methoxy groups -OCH3 is 1. The first-order valence-electron chi connectivity index (χ1n) is 8.10. The van der Waals surface area contributed by atoms with Crippen LogP contribution in [0.3, 0.4) is 0 Å². The van der Waals surface area contributed by atoms with Gasteiger partial charge in [-0.3, -0.25) is 4.79 Å². The van der Waals surface area contributed by atoms with Crippen LogP contribution in [0.4, 0.5) is 11.4 Å². The van der Waals surface area contributed by atoms with E-state index in [1.165, 1.54) is 14.0 Å². The molecule has 26 heavy (non-hydrogen) atoms. The van der Waals surface area contributed by atoms with Crippen LogP contribution in [-0.2, 0) is 14.3 Å². The summed E-state index contributed by atoms with van der Waals surface area (Å²) in [5, 5.41) is 4.01. The lowest BCUT2D eigenvalue weighted by molar-refractivity contribution is -0.142. The molecule has 0 fully saturated rings. The monoisotopic (exact) mass is 392 g/mol. The first-order valence-corrected chi connectivity index (χ1v) is 8.86. The molecule has 1 amide bonds. The fourth-order valence-electron chi connectivity index (χ4n) is 3.33. The molecule has 0 saturated heterocycles. The van der Waals surface area contributed by atoms with E-state index in [4.69, 9.17) is 27.9 Å². The van der Waals surface area contributed by atoms with Crippen molar-refractivity contribution in [3.05, 3.63) is 58.1 Å². The zero-order valence-electron chi connectivity index (χ0n) is 14.3. The zero-order chi connectivity index (χ0) is 18.8. The Balaban J connectivity index is 2.15. The van der Waals surface area contributed by atoms with Crippen molar-refractivity contribution in [1.82, 2.24) is 0 Å². The highest BCUT2D eigenvalue weighted by Crippen LogP contribution is 2.44. The Hall–Kier alpha value is -2.24. The summed E-state index contributed by atoms with van der Waals surface area (Å²) < 4.78 is 4.89. The number of ether oxygens (including phenoxy) is 1. The van der Waals surface area contributed by atoms with Crippen molar-refractivity contribution in [1.29, 1.82) is 0 Å². The van der Waals surface area contributed by atoms with Gasteiger partial charge < -0.3 is 15.0 Å². The quantitative estimate of drug-likeness (QED) is 0.784. The van der Waals surface area contributed by atoms with Gasteiger partial charge in [-0.05, 0) is 24.3 Å². The molecule has 2 aromatic rings. The van der Waals surface area contributed by atoms with Crippen molar-refractivity contribution in [2.24, 2.45) is 0 Å². The largest absolute Gasteiger partial charge is 0.467 e. The number of carbonyl (C=O) groups excluding carboxylic acids is 2. The van der Waals surface area contributed by atoms with Crippen LogP contribution in [0.1, 0.15) is 24.9 Å². The van der Waals surface area contributed by atoms with E-state index in [0.717, 1.165) is 11.3 Å². The van der Waals surface area contributed by atoms with E-state index < -0.39 is 18.1 Å². The maximum Gasteiger partial charge on any atom is 0.328 e. The number of nitrogens with zero attached hydrogens (tertiary/aromatic N) is 1. The Kier molecular flexibility index (Phi) is 5.39. The van der Waals surface area contributed by atoms with E-state index in [9.17, 15) is 9.59 Å². The van der Waals surface area contributed by atoms with Crippen LogP contribution < -0.4 is 10.2 Å². The first kappa shape index (κ1) is 18.5. The van der Waals surface area contributed by atoms with Crippen molar-refractivity contribution in [3.63, 3.8) is 0 Å². The second-order valence-electron chi connectivity index (χ2n) is 6.05. The standard InChI is InChI=1S/C19H18Cl2N2O3/c1-11(24)23(13-6-4-3-5-7-13)17-10-16(19(25)26-2)22-15-9-12(20)8-14(21)18(15)17/h3-9,16-17,22H,10H2,1-2H3/t16-,17+/m0/s1. The molecule has 0 aromatic heterocycles. The van der Waals surface area contributed by atoms with Gasteiger partial charge in [-0.2, -0.15) is 0 Å². The van der Waals surface area contributed by atoms with Crippen molar-refractivity contribution in [2.75, 3.05) is 17.3 Å². The van der Waals surface area contributed by atoms with Gasteiger partial charge in [0.1, 0.15) is 6.04 Å². The van der Waals surface area contributed by atoms with Gasteiger partial charge in [-0.25, -0.2) is 4.79 Å². The number of nitrogens with one attached hydrogen (secondary N) is 1. The lowest BCUT2D eigenvalue weighted by atomic mass is 9.91. The first-order chi connectivity index (χ1) is 12.4. The van der Waals surface area contributed by atoms with Gasteiger partial charge in [0.05, 0.1) is 13.2 Å². The average Bonchev–Trinajstić information content (AvgIpc) is 2.60. The second-order valence-corrected chi connectivity index (χ2v) is 6.89. The maximum atomic E-state index is 12.5. The summed E-state index contributed by atoms with van der Waals surface area (Å²) >= 11 is 12.6. The minimum Gasteiger partial charge on any atom is -0.467 e. The van der Waals surface area contributed by atoms with Crippen molar-refractivity contribution >= 4 is 46.5 Å². The minimum absolute atomic E-state index is 0.149. The molecule has 1 heterocycles. The third-order valence-corrected chi connectivity index (χ3v) is 4.92. The van der Waals surface area contributed by atoms with Crippen LogP contribution in [-0.4, -0.2) is 25.0 Å². The molecule has 136 valence electrons. The van der Waals surface area contributed by atoms with Crippen LogP contribution in [0.25, 0.3) is 0 Å². The van der Waals surface area contributed by atoms with Crippen LogP contribution in [0.15, 0.2) is 42.5 Å². The number of hydrogen-bond acceptors (Lipinski definition) is 4. The van der Waals surface area contributed by atoms with Crippen LogP contribution in [0, 0.1) is 0 Å². The number of hydrogen-bond donors (Lipinski definition) is 1. The number of esters is 1. The molecule has 0 saturated carbocycles. The van der Waals surface area contributed by atoms with Gasteiger partial charge in [0.25, 0.3) is 0 Å². The number of para-hydroxylation sites is 1. The molecule has 1 aliphatic heterocycles. The summed E-state index contributed by atoms with van der Waals surface area (Å²) in [6.45, 7) is 1.49. The number of benzene rings is 2. The van der Waals surface area contributed by atoms with Crippen molar-refractivity contribution in [2.45, 2.75) is 25.4 Å². The van der Waals surface area contributed by atoms with Gasteiger partial charge in [-0.1, -0.05) is 41.4 Å². The zero-order valence-corrected chi connectivity index (χ0v) is 15.8. The summed E-state index contributed by atoms with van der Waals surface area (Å²) in [7, 11) is 1.33. The van der Waals surface area contributed by atoms with E-state index in [1.54, 1.807) is 17.0 Å². The van der Waals surface area contributed by atoms with Crippen LogP contribution in [0.5, 0.6) is 0 Å². The predicted molar refractivity (Wildman–Crippen MR) is 103 cm³/mol. The second kappa shape index (κ2) is 7.56. The summed E-state index contributed by atoms with van der Waals surface area (Å²) in [4.78, 5) is 26.3. The molecule has 0 radical (unpaired) electrons. The summed E-state index contributed by atoms with van der Waals surface area (Å²) in [5.41, 5.74) is 2.08. The van der Waals surface area contributed by atoms with Gasteiger partial charge >= 0.3 is 5.97 Å². The highest BCUT2D eigenvalue weighted by molar-refractivity contribution is 6.35. The summed E-state index contributed by atoms with van der Waals surface area (Å²) in [6, 6.07) is 11.6. The molecule has 2 atom stereocenters. The van der Waals surface area contributed by atoms with E-state index in [-0.39, 0.29) is 5.91 Å². The number of halogens is 2. The third kappa shape index (κ3) is 3.50. The van der Waals surface area contributed by atoms with Gasteiger partial charge in [0.2, 0.25) is 5.91 Å². The van der Waals surface area contributed by atoms with Gasteiger partial charge in [-0.15, -0.1) is 0 Å². The van der Waals surface area contributed by atoms with Crippen LogP contribution >= 0.6 is 23.2 Å². The molecule has 0 bridgehead atoms. The molecule has 7 heteroatoms. The van der Waals surface area contributed by atoms with Crippen LogP contribution in [0.2, 0.25) is 10.0 Å². The van der Waals surface area contributed by atoms with Crippen molar-refractivity contribution in [3.8, 4) is 0 Å². The Labute approximate surface area is 161 Å². The van der Waals surface area contributed by atoms with Crippen molar-refractivity contribution < 1.29 is 14.3 Å². The smallest absolute Gasteiger partial charge is 0.328 e. The Bertz CT molecular complexity index is 842. The molecular formula is C19H18Cl2N2O3. The topological polar surface area (TPSA) is 58.6 Å². The fraction of sp³-hybridized carbons (Fsp3) is 0.263. The summed E-state index contributed by atoms with van der Waals surface area (Å²) in [5.74, 6) is -0.558. The molecule has 2 aromatic carbocycles. The van der Waals surface area contributed by atoms with Gasteiger partial charge in [0.15, 0.2) is 0 Å². The minimum atomic E-state index is -0.613. The normalized spacial score (nSPS) is 18.5. The number of fused-ring (bicyclic) bond motifs is 1. The molecule has 0 unspecified atom stereocenters. The number of carbonyl (C=O) groups is 2. The molecular weight excluding hydrogens is 375 g/mol. The van der Waals surface area contributed by atoms with E-state index in [0.29, 0.717) is 22.2 Å². The fourth-order valence-corrected chi connectivity index (χ4v) is 3.95. The van der Waals surface area contributed by atoms with E-state index >= 15 is 0 Å². The molecule has 5 nitrogen and oxygen atoms in total. The molecule has 1 N–H and O–H groups in total. The molecule has 0 spiro atoms.